The van der Waals surface area contributed by atoms with E-state index in [-0.39, 0.29) is 25.5 Å². The van der Waals surface area contributed by atoms with Crippen LogP contribution >= 0.6 is 0 Å². The number of ether oxygens (including phenoxy) is 1. The van der Waals surface area contributed by atoms with E-state index in [2.05, 4.69) is 0 Å². The van der Waals surface area contributed by atoms with Crippen molar-refractivity contribution in [3.8, 4) is 11.5 Å². The van der Waals surface area contributed by atoms with Gasteiger partial charge in [0.05, 0.1) is 0 Å². The van der Waals surface area contributed by atoms with E-state index in [9.17, 15) is 23.5 Å². The second kappa shape index (κ2) is 8.09. The van der Waals surface area contributed by atoms with Crippen molar-refractivity contribution in [2.24, 2.45) is 0 Å². The Morgan fingerprint density at radius 2 is 1.82 bits per heavy atom. The maximum Gasteiger partial charge on any atom is 0.278 e. The normalized spacial score (nSPS) is 18.6. The summed E-state index contributed by atoms with van der Waals surface area (Å²) in [4.78, 5) is 26.7. The highest BCUT2D eigenvalue weighted by Gasteiger charge is 2.37. The first-order valence-corrected chi connectivity index (χ1v) is 10.3. The minimum atomic E-state index is -1.02. The van der Waals surface area contributed by atoms with Crippen LogP contribution in [-0.4, -0.2) is 40.4 Å². The molecule has 2 aromatic carbocycles. The molecule has 5 rings (SSSR count). The van der Waals surface area contributed by atoms with Crippen LogP contribution in [0.4, 0.5) is 8.78 Å². The average molecular weight is 451 g/mol. The van der Waals surface area contributed by atoms with Crippen LogP contribution in [0.15, 0.2) is 71.7 Å². The number of aromatic nitrogens is 1. The van der Waals surface area contributed by atoms with Gasteiger partial charge in [0.15, 0.2) is 23.1 Å². The number of carbonyl (C=O) groups is 1. The predicted octanol–water partition coefficient (Wildman–Crippen LogP) is 2.92. The highest BCUT2D eigenvalue weighted by Crippen LogP contribution is 2.37. The van der Waals surface area contributed by atoms with E-state index in [0.29, 0.717) is 16.9 Å². The largest absolute Gasteiger partial charge is 0.502 e. The lowest BCUT2D eigenvalue weighted by atomic mass is 9.96. The second-order valence-electron chi connectivity index (χ2n) is 7.73. The minimum absolute atomic E-state index is 0.0521. The quantitative estimate of drug-likeness (QED) is 0.576. The molecular formula is C24H19F2N3O4. The number of halogens is 2. The van der Waals surface area contributed by atoms with Crippen LogP contribution in [-0.2, 0) is 0 Å². The van der Waals surface area contributed by atoms with Crippen LogP contribution in [0.2, 0.25) is 0 Å². The number of amides is 1. The van der Waals surface area contributed by atoms with Crippen LogP contribution < -0.4 is 15.2 Å². The lowest BCUT2D eigenvalue weighted by molar-refractivity contribution is 0.0701. The summed E-state index contributed by atoms with van der Waals surface area (Å²) in [5.74, 6) is -2.68. The molecule has 1 N–H and O–H groups in total. The van der Waals surface area contributed by atoms with Gasteiger partial charge in [-0.05, 0) is 29.8 Å². The predicted molar refractivity (Wildman–Crippen MR) is 116 cm³/mol. The molecule has 3 aromatic rings. The molecule has 3 heterocycles. The SMILES string of the molecule is O=C1c2c(O)c(=O)ccn2N2CN1C/C=C\COc1ccccc1[C@H]2c1ccc(F)c(F)c1. The van der Waals surface area contributed by atoms with Crippen LogP contribution in [0.5, 0.6) is 11.5 Å². The topological polar surface area (TPSA) is 75.0 Å². The van der Waals surface area contributed by atoms with Gasteiger partial charge in [-0.15, -0.1) is 0 Å². The van der Waals surface area contributed by atoms with Crippen molar-refractivity contribution in [3.63, 3.8) is 0 Å². The molecule has 0 unspecified atom stereocenters. The van der Waals surface area contributed by atoms with Crippen molar-refractivity contribution < 1.29 is 23.4 Å². The fourth-order valence-corrected chi connectivity index (χ4v) is 4.17. The zero-order valence-electron chi connectivity index (χ0n) is 17.3. The monoisotopic (exact) mass is 451 g/mol. The van der Waals surface area contributed by atoms with Gasteiger partial charge in [0, 0.05) is 24.4 Å². The highest BCUT2D eigenvalue weighted by atomic mass is 19.2. The van der Waals surface area contributed by atoms with Gasteiger partial charge in [0.2, 0.25) is 5.43 Å². The summed E-state index contributed by atoms with van der Waals surface area (Å²) < 4.78 is 35.4. The number of pyridine rings is 1. The number of benzene rings is 2. The van der Waals surface area contributed by atoms with Crippen molar-refractivity contribution in [1.82, 2.24) is 9.58 Å². The Bertz CT molecular complexity index is 1340. The highest BCUT2D eigenvalue weighted by molar-refractivity contribution is 5.96. The molecule has 0 saturated heterocycles. The summed E-state index contributed by atoms with van der Waals surface area (Å²) in [6.45, 7) is 0.484. The number of nitrogens with zero attached hydrogens (tertiary/aromatic N) is 3. The van der Waals surface area contributed by atoms with Crippen LogP contribution in [0.1, 0.15) is 27.7 Å². The standard InChI is InChI=1S/C24H19F2N3O4/c25-17-8-7-15(13-18(17)26)21-16-5-1-2-6-20(16)33-12-4-3-10-27-14-29(21)28-11-9-19(30)23(31)22(28)24(27)32/h1-9,11,13,21,31H,10,12,14H2/b4-3-/t21-/m1/s1. The smallest absolute Gasteiger partial charge is 0.278 e. The van der Waals surface area contributed by atoms with Crippen molar-refractivity contribution in [2.75, 3.05) is 24.8 Å². The van der Waals surface area contributed by atoms with Crippen LogP contribution in [0, 0.1) is 11.6 Å². The Hall–Kier alpha value is -4.14. The first-order valence-electron chi connectivity index (χ1n) is 10.3. The molecule has 0 saturated carbocycles. The molecule has 0 spiro atoms. The van der Waals surface area contributed by atoms with E-state index >= 15 is 0 Å². The molecule has 7 nitrogen and oxygen atoms in total. The van der Waals surface area contributed by atoms with Crippen LogP contribution in [0.25, 0.3) is 0 Å². The van der Waals surface area contributed by atoms with E-state index in [1.807, 2.05) is 0 Å². The second-order valence-corrected chi connectivity index (χ2v) is 7.73. The van der Waals surface area contributed by atoms with E-state index < -0.39 is 34.8 Å². The minimum Gasteiger partial charge on any atom is -0.502 e. The zero-order valence-corrected chi connectivity index (χ0v) is 17.3. The van der Waals surface area contributed by atoms with E-state index in [1.54, 1.807) is 41.4 Å². The van der Waals surface area contributed by atoms with Crippen LogP contribution in [0.3, 0.4) is 0 Å². The third-order valence-corrected chi connectivity index (χ3v) is 5.73. The summed E-state index contributed by atoms with van der Waals surface area (Å²) in [5.41, 5.74) is 0.143. The Morgan fingerprint density at radius 1 is 1.00 bits per heavy atom. The summed E-state index contributed by atoms with van der Waals surface area (Å²) in [6, 6.07) is 11.2. The fraction of sp³-hybridized carbons (Fsp3) is 0.167. The van der Waals surface area contributed by atoms with Crippen molar-refractivity contribution in [1.29, 1.82) is 0 Å². The van der Waals surface area contributed by atoms with Gasteiger partial charge >= 0.3 is 0 Å². The molecule has 0 fully saturated rings. The molecule has 2 aliphatic heterocycles. The molecule has 0 radical (unpaired) electrons. The summed E-state index contributed by atoms with van der Waals surface area (Å²) in [5, 5.41) is 12.2. The fourth-order valence-electron chi connectivity index (χ4n) is 4.17. The lowest BCUT2D eigenvalue weighted by Crippen LogP contribution is -2.55. The van der Waals surface area contributed by atoms with Gasteiger partial charge in [-0.1, -0.05) is 30.3 Å². The van der Waals surface area contributed by atoms with Crippen molar-refractivity contribution in [2.45, 2.75) is 6.04 Å². The van der Waals surface area contributed by atoms with Gasteiger partial charge in [-0.2, -0.15) is 0 Å². The first kappa shape index (κ1) is 20.7. The number of aromatic hydroxyl groups is 1. The van der Waals surface area contributed by atoms with E-state index in [1.165, 1.54) is 21.8 Å². The maximum absolute atomic E-state index is 14.3. The number of hydrogen-bond donors (Lipinski definition) is 1. The molecule has 1 aromatic heterocycles. The van der Waals surface area contributed by atoms with E-state index in [0.717, 1.165) is 18.2 Å². The molecule has 2 aliphatic rings. The third-order valence-electron chi connectivity index (χ3n) is 5.73. The van der Waals surface area contributed by atoms with Gasteiger partial charge in [0.1, 0.15) is 25.1 Å². The Morgan fingerprint density at radius 3 is 2.64 bits per heavy atom. The Labute approximate surface area is 187 Å². The van der Waals surface area contributed by atoms with Gasteiger partial charge < -0.3 is 14.7 Å². The summed E-state index contributed by atoms with van der Waals surface area (Å²) in [6.07, 6.45) is 4.90. The molecule has 0 aliphatic carbocycles. The summed E-state index contributed by atoms with van der Waals surface area (Å²) in [7, 11) is 0. The van der Waals surface area contributed by atoms with E-state index in [4.69, 9.17) is 4.74 Å². The molecule has 1 atom stereocenters. The zero-order chi connectivity index (χ0) is 23.1. The molecule has 33 heavy (non-hydrogen) atoms. The van der Waals surface area contributed by atoms with Gasteiger partial charge in [-0.3, -0.25) is 19.3 Å². The Balaban J connectivity index is 1.81. The first-order chi connectivity index (χ1) is 16.0. The van der Waals surface area contributed by atoms with Gasteiger partial charge in [-0.25, -0.2) is 8.78 Å². The third kappa shape index (κ3) is 3.51. The maximum atomic E-state index is 14.3. The average Bonchev–Trinajstić information content (AvgIpc) is 2.84. The number of hydrogen-bond acceptors (Lipinski definition) is 5. The number of rotatable bonds is 1. The van der Waals surface area contributed by atoms with Gasteiger partial charge in [0.25, 0.3) is 5.91 Å². The number of fused-ring (bicyclic) bond motifs is 5. The molecule has 2 bridgehead atoms. The molecule has 168 valence electrons. The molecule has 9 heteroatoms. The number of carbonyl (C=O) groups excluding carboxylic acids is 1. The lowest BCUT2D eigenvalue weighted by Gasteiger charge is -2.43. The Kier molecular flexibility index (Phi) is 5.08. The van der Waals surface area contributed by atoms with Crippen molar-refractivity contribution >= 4 is 5.91 Å². The number of para-hydroxylation sites is 1. The molecular weight excluding hydrogens is 432 g/mol. The van der Waals surface area contributed by atoms with Crippen molar-refractivity contribution in [3.05, 3.63) is 106 Å². The molecule has 1 amide bonds. The summed E-state index contributed by atoms with van der Waals surface area (Å²) >= 11 is 0.